The summed E-state index contributed by atoms with van der Waals surface area (Å²) in [5.74, 6) is 0.0934. The van der Waals surface area contributed by atoms with Crippen molar-refractivity contribution in [3.05, 3.63) is 60.2 Å². The number of nitrogens with one attached hydrogen (secondary N) is 1. The van der Waals surface area contributed by atoms with Gasteiger partial charge in [-0.3, -0.25) is 9.59 Å². The van der Waals surface area contributed by atoms with Crippen LogP contribution in [0.1, 0.15) is 38.2 Å². The monoisotopic (exact) mass is 415 g/mol. The number of anilines is 2. The molecule has 3 N–H and O–H groups in total. The van der Waals surface area contributed by atoms with Crippen LogP contribution in [-0.4, -0.2) is 24.4 Å². The second-order valence-electron chi connectivity index (χ2n) is 7.46. The molecule has 0 aromatic heterocycles. The van der Waals surface area contributed by atoms with Crippen molar-refractivity contribution in [2.24, 2.45) is 11.7 Å². The second kappa shape index (κ2) is 11.0. The molecule has 0 spiro atoms. The smallest absolute Gasteiger partial charge is 0.231 e. The van der Waals surface area contributed by atoms with Crippen molar-refractivity contribution in [1.82, 2.24) is 0 Å². The molecule has 3 rings (SSSR count). The fraction of sp³-hybridized carbons (Fsp3) is 0.391. The summed E-state index contributed by atoms with van der Waals surface area (Å²) in [7, 11) is 0. The SMILES string of the molecule is CCN(C(=O)Cc1ccc(NC(=O)C2CCCC(N)C2)cc1)c1ccccc1.Cl. The lowest BCUT2D eigenvalue weighted by Gasteiger charge is -2.25. The summed E-state index contributed by atoms with van der Waals surface area (Å²) < 4.78 is 0. The van der Waals surface area contributed by atoms with Gasteiger partial charge in [-0.25, -0.2) is 0 Å². The Bertz CT molecular complexity index is 796. The number of nitrogens with two attached hydrogens (primary N) is 1. The average Bonchev–Trinajstić information content (AvgIpc) is 2.71. The summed E-state index contributed by atoms with van der Waals surface area (Å²) in [6.45, 7) is 2.60. The first-order valence-electron chi connectivity index (χ1n) is 10.1. The number of nitrogens with zero attached hydrogens (tertiary/aromatic N) is 1. The molecule has 0 saturated heterocycles. The van der Waals surface area contributed by atoms with Crippen molar-refractivity contribution in [1.29, 1.82) is 0 Å². The topological polar surface area (TPSA) is 75.4 Å². The van der Waals surface area contributed by atoms with Crippen LogP contribution in [-0.2, 0) is 16.0 Å². The fourth-order valence-corrected chi connectivity index (χ4v) is 3.80. The number of para-hydroxylation sites is 1. The Morgan fingerprint density at radius 1 is 1.07 bits per heavy atom. The fourth-order valence-electron chi connectivity index (χ4n) is 3.80. The molecule has 1 aliphatic rings. The summed E-state index contributed by atoms with van der Waals surface area (Å²) in [6, 6.07) is 17.3. The summed E-state index contributed by atoms with van der Waals surface area (Å²) >= 11 is 0. The van der Waals surface area contributed by atoms with Crippen LogP contribution in [0.2, 0.25) is 0 Å². The predicted octanol–water partition coefficient (Wildman–Crippen LogP) is 4.16. The lowest BCUT2D eigenvalue weighted by molar-refractivity contribution is -0.121. The van der Waals surface area contributed by atoms with E-state index in [0.29, 0.717) is 13.0 Å². The van der Waals surface area contributed by atoms with Gasteiger partial charge in [0.1, 0.15) is 0 Å². The third-order valence-electron chi connectivity index (χ3n) is 5.35. The zero-order valence-electron chi connectivity index (χ0n) is 16.8. The van der Waals surface area contributed by atoms with Gasteiger partial charge < -0.3 is 16.0 Å². The standard InChI is InChI=1S/C23H29N3O2.ClH/c1-2-26(21-9-4-3-5-10-21)22(27)15-17-11-13-20(14-12-17)25-23(28)18-7-6-8-19(24)16-18;/h3-5,9-14,18-19H,2,6-8,15-16,24H2,1H3,(H,25,28);1H. The third-order valence-corrected chi connectivity index (χ3v) is 5.35. The molecule has 1 fully saturated rings. The molecule has 1 saturated carbocycles. The minimum Gasteiger partial charge on any atom is -0.328 e. The maximum atomic E-state index is 12.7. The number of rotatable bonds is 6. The van der Waals surface area contributed by atoms with Crippen molar-refractivity contribution in [2.45, 2.75) is 45.1 Å². The van der Waals surface area contributed by atoms with E-state index >= 15 is 0 Å². The van der Waals surface area contributed by atoms with Crippen LogP contribution in [0.5, 0.6) is 0 Å². The van der Waals surface area contributed by atoms with Crippen LogP contribution < -0.4 is 16.0 Å². The zero-order chi connectivity index (χ0) is 19.9. The van der Waals surface area contributed by atoms with Gasteiger partial charge in [0, 0.05) is 29.9 Å². The van der Waals surface area contributed by atoms with Crippen molar-refractivity contribution in [2.75, 3.05) is 16.8 Å². The molecule has 0 aliphatic heterocycles. The molecular formula is C23H30ClN3O2. The molecule has 2 amide bonds. The van der Waals surface area contributed by atoms with Crippen LogP contribution >= 0.6 is 12.4 Å². The van der Waals surface area contributed by atoms with E-state index in [2.05, 4.69) is 5.32 Å². The van der Waals surface area contributed by atoms with Crippen LogP contribution in [0, 0.1) is 5.92 Å². The molecular weight excluding hydrogens is 386 g/mol. The first kappa shape index (κ1) is 22.9. The van der Waals surface area contributed by atoms with E-state index in [1.54, 1.807) is 4.90 Å². The Kier molecular flexibility index (Phi) is 8.68. The molecule has 0 heterocycles. The van der Waals surface area contributed by atoms with E-state index in [1.807, 2.05) is 61.5 Å². The van der Waals surface area contributed by atoms with E-state index in [4.69, 9.17) is 5.73 Å². The van der Waals surface area contributed by atoms with Crippen molar-refractivity contribution in [3.8, 4) is 0 Å². The predicted molar refractivity (Wildman–Crippen MR) is 120 cm³/mol. The largest absolute Gasteiger partial charge is 0.328 e. The molecule has 2 unspecified atom stereocenters. The van der Waals surface area contributed by atoms with Gasteiger partial charge in [0.05, 0.1) is 6.42 Å². The molecule has 2 atom stereocenters. The summed E-state index contributed by atoms with van der Waals surface area (Å²) in [6.07, 6.45) is 4.00. The Morgan fingerprint density at radius 2 is 1.76 bits per heavy atom. The Balaban J connectivity index is 0.00000300. The molecule has 6 heteroatoms. The Hall–Kier alpha value is -2.37. The van der Waals surface area contributed by atoms with E-state index in [9.17, 15) is 9.59 Å². The number of carbonyl (C=O) groups excluding carboxylic acids is 2. The van der Waals surface area contributed by atoms with Gasteiger partial charge in [-0.1, -0.05) is 36.8 Å². The highest BCUT2D eigenvalue weighted by atomic mass is 35.5. The maximum absolute atomic E-state index is 12.7. The van der Waals surface area contributed by atoms with Crippen LogP contribution in [0.3, 0.4) is 0 Å². The van der Waals surface area contributed by atoms with E-state index < -0.39 is 0 Å². The first-order chi connectivity index (χ1) is 13.6. The molecule has 0 bridgehead atoms. The number of carbonyl (C=O) groups is 2. The highest BCUT2D eigenvalue weighted by Crippen LogP contribution is 2.24. The van der Waals surface area contributed by atoms with E-state index in [1.165, 1.54) is 0 Å². The summed E-state index contributed by atoms with van der Waals surface area (Å²) in [5.41, 5.74) is 8.58. The van der Waals surface area contributed by atoms with Crippen molar-refractivity contribution >= 4 is 35.6 Å². The van der Waals surface area contributed by atoms with Gasteiger partial charge in [0.2, 0.25) is 11.8 Å². The number of halogens is 1. The number of benzene rings is 2. The molecule has 5 nitrogen and oxygen atoms in total. The molecule has 2 aromatic rings. The van der Waals surface area contributed by atoms with Crippen molar-refractivity contribution in [3.63, 3.8) is 0 Å². The van der Waals surface area contributed by atoms with Gasteiger partial charge in [-0.05, 0) is 56.0 Å². The number of amides is 2. The molecule has 156 valence electrons. The lowest BCUT2D eigenvalue weighted by atomic mass is 9.85. The summed E-state index contributed by atoms with van der Waals surface area (Å²) in [4.78, 5) is 26.9. The molecule has 29 heavy (non-hydrogen) atoms. The van der Waals surface area contributed by atoms with Gasteiger partial charge >= 0.3 is 0 Å². The lowest BCUT2D eigenvalue weighted by Crippen LogP contribution is -2.34. The maximum Gasteiger partial charge on any atom is 0.231 e. The molecule has 2 aromatic carbocycles. The molecule has 1 aliphatic carbocycles. The van der Waals surface area contributed by atoms with E-state index in [0.717, 1.165) is 42.6 Å². The minimum atomic E-state index is -0.00557. The van der Waals surface area contributed by atoms with Crippen LogP contribution in [0.4, 0.5) is 11.4 Å². The third kappa shape index (κ3) is 6.31. The minimum absolute atomic E-state index is 0. The quantitative estimate of drug-likeness (QED) is 0.743. The van der Waals surface area contributed by atoms with Gasteiger partial charge in [0.25, 0.3) is 0 Å². The van der Waals surface area contributed by atoms with Crippen LogP contribution in [0.25, 0.3) is 0 Å². The molecule has 0 radical (unpaired) electrons. The normalized spacial score (nSPS) is 18.4. The summed E-state index contributed by atoms with van der Waals surface area (Å²) in [5, 5.41) is 2.98. The van der Waals surface area contributed by atoms with E-state index in [-0.39, 0.29) is 36.2 Å². The Labute approximate surface area is 179 Å². The first-order valence-corrected chi connectivity index (χ1v) is 10.1. The van der Waals surface area contributed by atoms with Gasteiger partial charge in [-0.15, -0.1) is 12.4 Å². The number of hydrogen-bond acceptors (Lipinski definition) is 3. The zero-order valence-corrected chi connectivity index (χ0v) is 17.7. The van der Waals surface area contributed by atoms with Crippen molar-refractivity contribution < 1.29 is 9.59 Å². The highest BCUT2D eigenvalue weighted by molar-refractivity contribution is 5.95. The number of hydrogen-bond donors (Lipinski definition) is 2. The second-order valence-corrected chi connectivity index (χ2v) is 7.46. The highest BCUT2D eigenvalue weighted by Gasteiger charge is 2.25. The number of likely N-dealkylation sites (N-methyl/N-ethyl adjacent to an activating group) is 1. The van der Waals surface area contributed by atoms with Gasteiger partial charge in [-0.2, -0.15) is 0 Å². The average molecular weight is 416 g/mol. The Morgan fingerprint density at radius 3 is 2.38 bits per heavy atom. The van der Waals surface area contributed by atoms with Crippen LogP contribution in [0.15, 0.2) is 54.6 Å². The van der Waals surface area contributed by atoms with Gasteiger partial charge in [0.15, 0.2) is 0 Å².